The van der Waals surface area contributed by atoms with Crippen LogP contribution in [-0.4, -0.2) is 11.7 Å². The highest BCUT2D eigenvalue weighted by Gasteiger charge is 2.13. The average molecular weight is 299 g/mol. The molecule has 2 nitrogen and oxygen atoms in total. The molecule has 0 aromatic heterocycles. The highest BCUT2D eigenvalue weighted by atomic mass is 79.9. The quantitative estimate of drug-likeness (QED) is 0.898. The molecule has 0 aliphatic heterocycles. The number of benzene rings is 1. The van der Waals surface area contributed by atoms with E-state index >= 15 is 0 Å². The Morgan fingerprint density at radius 2 is 2.13 bits per heavy atom. The molecule has 0 spiro atoms. The summed E-state index contributed by atoms with van der Waals surface area (Å²) >= 11 is 3.26. The second kappa shape index (κ2) is 7.17. The fourth-order valence-corrected chi connectivity index (χ4v) is 1.96. The number of hydrogen-bond donors (Lipinski definition) is 2. The van der Waals surface area contributed by atoms with Gasteiger partial charge in [0.1, 0.15) is 5.82 Å². The Morgan fingerprint density at radius 3 is 2.67 bits per heavy atom. The summed E-state index contributed by atoms with van der Waals surface area (Å²) in [6.07, 6.45) is 1.16. The number of nitrogens with two attached hydrogens (primary N) is 1. The van der Waals surface area contributed by atoms with Gasteiger partial charge < -0.3 is 10.8 Å². The largest absolute Gasteiger partial charge is 0.396 e. The van der Waals surface area contributed by atoms with E-state index < -0.39 is 0 Å². The number of rotatable bonds is 4. The Morgan fingerprint density at radius 1 is 1.47 bits per heavy atom. The molecule has 3 N–H and O–H groups in total. The molecule has 0 amide bonds. The summed E-state index contributed by atoms with van der Waals surface area (Å²) in [5, 5.41) is 8.64. The second-order valence-electron chi connectivity index (χ2n) is 3.11. The van der Waals surface area contributed by atoms with Crippen LogP contribution in [0.1, 0.15) is 24.4 Å². The summed E-state index contributed by atoms with van der Waals surface area (Å²) in [5.74, 6) is -0.301. The third kappa shape index (κ3) is 4.07. The molecule has 1 atom stereocenters. The molecule has 1 aromatic rings. The molecule has 0 unspecified atom stereocenters. The van der Waals surface area contributed by atoms with Crippen LogP contribution in [0.15, 0.2) is 22.7 Å². The SMILES string of the molecule is Cl.N[C@H](CCCO)c1c(F)cccc1Br. The predicted molar refractivity (Wildman–Crippen MR) is 64.6 cm³/mol. The highest BCUT2D eigenvalue weighted by molar-refractivity contribution is 9.10. The normalized spacial score (nSPS) is 12.0. The van der Waals surface area contributed by atoms with Crippen LogP contribution in [0.3, 0.4) is 0 Å². The summed E-state index contributed by atoms with van der Waals surface area (Å²) in [7, 11) is 0. The van der Waals surface area contributed by atoms with Crippen LogP contribution in [0.4, 0.5) is 4.39 Å². The van der Waals surface area contributed by atoms with E-state index in [4.69, 9.17) is 10.8 Å². The van der Waals surface area contributed by atoms with Gasteiger partial charge in [-0.05, 0) is 25.0 Å². The van der Waals surface area contributed by atoms with Gasteiger partial charge in [0.25, 0.3) is 0 Å². The Hall–Kier alpha value is -0.160. The van der Waals surface area contributed by atoms with Crippen molar-refractivity contribution >= 4 is 28.3 Å². The van der Waals surface area contributed by atoms with Crippen LogP contribution in [0, 0.1) is 5.82 Å². The van der Waals surface area contributed by atoms with Gasteiger partial charge in [-0.15, -0.1) is 12.4 Å². The Kier molecular flexibility index (Phi) is 7.09. The zero-order valence-electron chi connectivity index (χ0n) is 8.12. The molecule has 0 aliphatic carbocycles. The van der Waals surface area contributed by atoms with Gasteiger partial charge in [-0.3, -0.25) is 0 Å². The molecule has 5 heteroatoms. The first-order valence-corrected chi connectivity index (χ1v) is 5.26. The number of aliphatic hydroxyl groups excluding tert-OH is 1. The molecule has 1 aromatic carbocycles. The van der Waals surface area contributed by atoms with E-state index in [0.29, 0.717) is 22.9 Å². The zero-order chi connectivity index (χ0) is 10.6. The van der Waals surface area contributed by atoms with Crippen LogP contribution in [0.2, 0.25) is 0 Å². The average Bonchev–Trinajstić information content (AvgIpc) is 2.14. The molecule has 0 radical (unpaired) electrons. The highest BCUT2D eigenvalue weighted by Crippen LogP contribution is 2.27. The van der Waals surface area contributed by atoms with E-state index in [9.17, 15) is 4.39 Å². The molecule has 1 rings (SSSR count). The van der Waals surface area contributed by atoms with E-state index in [1.807, 2.05) is 0 Å². The first kappa shape index (κ1) is 14.8. The van der Waals surface area contributed by atoms with Gasteiger partial charge in [-0.1, -0.05) is 22.0 Å². The standard InChI is InChI=1S/C10H13BrFNO.ClH/c11-7-3-1-4-8(12)10(7)9(13)5-2-6-14;/h1,3-4,9,14H,2,5-6,13H2;1H/t9-;/m1./s1. The lowest BCUT2D eigenvalue weighted by Gasteiger charge is -2.13. The third-order valence-electron chi connectivity index (χ3n) is 2.04. The molecular formula is C10H14BrClFNO. The maximum atomic E-state index is 13.4. The van der Waals surface area contributed by atoms with Crippen LogP contribution in [-0.2, 0) is 0 Å². The van der Waals surface area contributed by atoms with Gasteiger partial charge in [-0.25, -0.2) is 4.39 Å². The number of aliphatic hydroxyl groups is 1. The molecule has 0 bridgehead atoms. The fourth-order valence-electron chi connectivity index (χ4n) is 1.32. The molecule has 15 heavy (non-hydrogen) atoms. The van der Waals surface area contributed by atoms with Crippen LogP contribution >= 0.6 is 28.3 Å². The van der Waals surface area contributed by atoms with Crippen LogP contribution in [0.5, 0.6) is 0 Å². The minimum absolute atomic E-state index is 0. The Labute approximate surface area is 103 Å². The molecule has 86 valence electrons. The van der Waals surface area contributed by atoms with Crippen molar-refractivity contribution in [2.75, 3.05) is 6.61 Å². The van der Waals surface area contributed by atoms with Gasteiger partial charge >= 0.3 is 0 Å². The monoisotopic (exact) mass is 297 g/mol. The number of hydrogen-bond acceptors (Lipinski definition) is 2. The van der Waals surface area contributed by atoms with Crippen molar-refractivity contribution in [3.05, 3.63) is 34.1 Å². The lowest BCUT2D eigenvalue weighted by molar-refractivity contribution is 0.279. The van der Waals surface area contributed by atoms with Gasteiger partial charge in [0.2, 0.25) is 0 Å². The first-order chi connectivity index (χ1) is 6.66. The molecule has 0 fully saturated rings. The minimum atomic E-state index is -0.363. The van der Waals surface area contributed by atoms with Crippen molar-refractivity contribution in [3.8, 4) is 0 Å². The number of halogens is 3. The van der Waals surface area contributed by atoms with E-state index in [-0.39, 0.29) is 30.9 Å². The second-order valence-corrected chi connectivity index (χ2v) is 3.96. The van der Waals surface area contributed by atoms with Gasteiger partial charge in [-0.2, -0.15) is 0 Å². The van der Waals surface area contributed by atoms with Crippen molar-refractivity contribution in [2.24, 2.45) is 5.73 Å². The molecule has 0 saturated heterocycles. The molecule has 0 aliphatic rings. The smallest absolute Gasteiger partial charge is 0.129 e. The van der Waals surface area contributed by atoms with E-state index in [2.05, 4.69) is 15.9 Å². The summed E-state index contributed by atoms with van der Waals surface area (Å²) in [5.41, 5.74) is 6.29. The van der Waals surface area contributed by atoms with Gasteiger partial charge in [0, 0.05) is 22.7 Å². The van der Waals surface area contributed by atoms with Gasteiger partial charge in [0.15, 0.2) is 0 Å². The van der Waals surface area contributed by atoms with Crippen molar-refractivity contribution in [1.29, 1.82) is 0 Å². The third-order valence-corrected chi connectivity index (χ3v) is 2.74. The summed E-state index contributed by atoms with van der Waals surface area (Å²) in [4.78, 5) is 0. The van der Waals surface area contributed by atoms with Crippen LogP contribution in [0.25, 0.3) is 0 Å². The first-order valence-electron chi connectivity index (χ1n) is 4.47. The minimum Gasteiger partial charge on any atom is -0.396 e. The van der Waals surface area contributed by atoms with Gasteiger partial charge in [0.05, 0.1) is 0 Å². The Balaban J connectivity index is 0.00000196. The lowest BCUT2D eigenvalue weighted by atomic mass is 10.0. The van der Waals surface area contributed by atoms with E-state index in [1.165, 1.54) is 6.07 Å². The maximum Gasteiger partial charge on any atom is 0.129 e. The van der Waals surface area contributed by atoms with Crippen molar-refractivity contribution in [1.82, 2.24) is 0 Å². The lowest BCUT2D eigenvalue weighted by Crippen LogP contribution is -2.13. The molecular weight excluding hydrogens is 284 g/mol. The Bertz CT molecular complexity index is 291. The topological polar surface area (TPSA) is 46.2 Å². The predicted octanol–water partition coefficient (Wildman–Crippen LogP) is 2.78. The van der Waals surface area contributed by atoms with Crippen LogP contribution < -0.4 is 5.73 Å². The van der Waals surface area contributed by atoms with E-state index in [1.54, 1.807) is 12.1 Å². The summed E-state index contributed by atoms with van der Waals surface area (Å²) in [6, 6.07) is 4.41. The summed E-state index contributed by atoms with van der Waals surface area (Å²) in [6.45, 7) is 0.0831. The molecule has 0 saturated carbocycles. The maximum absolute atomic E-state index is 13.4. The van der Waals surface area contributed by atoms with E-state index in [0.717, 1.165) is 0 Å². The zero-order valence-corrected chi connectivity index (χ0v) is 10.5. The fraction of sp³-hybridized carbons (Fsp3) is 0.400. The van der Waals surface area contributed by atoms with Crippen molar-refractivity contribution < 1.29 is 9.50 Å². The van der Waals surface area contributed by atoms with Crippen molar-refractivity contribution in [2.45, 2.75) is 18.9 Å². The molecule has 0 heterocycles. The summed E-state index contributed by atoms with van der Waals surface area (Å²) < 4.78 is 14.0. The van der Waals surface area contributed by atoms with Crippen molar-refractivity contribution in [3.63, 3.8) is 0 Å².